The van der Waals surface area contributed by atoms with E-state index in [2.05, 4.69) is 6.92 Å². The summed E-state index contributed by atoms with van der Waals surface area (Å²) in [6.07, 6.45) is 6.81. The van der Waals surface area contributed by atoms with Crippen molar-refractivity contribution >= 4 is 5.97 Å². The Morgan fingerprint density at radius 2 is 1.74 bits per heavy atom. The molecule has 19 heavy (non-hydrogen) atoms. The summed E-state index contributed by atoms with van der Waals surface area (Å²) in [5.74, 6) is 0.237. The molecule has 1 aromatic rings. The summed E-state index contributed by atoms with van der Waals surface area (Å²) in [6, 6.07) is 9.88. The molecule has 0 bridgehead atoms. The van der Waals surface area contributed by atoms with Crippen molar-refractivity contribution in [3.8, 4) is 5.75 Å². The summed E-state index contributed by atoms with van der Waals surface area (Å²) in [5.41, 5.74) is 0. The standard InChI is InChI=1S/C16H24O3/c1-14(19-15-11-7-5-8-12-15)10-6-3-2-4-9-13-16(17)18/h5,7-8,11-12,14H,2-4,6,9-10,13H2,1H3,(H,17,18). The molecule has 0 aliphatic carbocycles. The smallest absolute Gasteiger partial charge is 0.303 e. The molecule has 0 heterocycles. The topological polar surface area (TPSA) is 46.5 Å². The number of ether oxygens (including phenoxy) is 1. The maximum Gasteiger partial charge on any atom is 0.303 e. The van der Waals surface area contributed by atoms with Crippen molar-refractivity contribution in [1.82, 2.24) is 0 Å². The number of aliphatic carboxylic acids is 1. The first kappa shape index (κ1) is 15.5. The predicted octanol–water partition coefficient (Wildman–Crippen LogP) is 4.27. The Morgan fingerprint density at radius 3 is 2.42 bits per heavy atom. The van der Waals surface area contributed by atoms with E-state index in [-0.39, 0.29) is 6.10 Å². The van der Waals surface area contributed by atoms with Gasteiger partial charge in [0.2, 0.25) is 0 Å². The van der Waals surface area contributed by atoms with Crippen LogP contribution >= 0.6 is 0 Å². The van der Waals surface area contributed by atoms with Crippen molar-refractivity contribution in [2.75, 3.05) is 0 Å². The molecule has 1 rings (SSSR count). The summed E-state index contributed by atoms with van der Waals surface area (Å²) in [6.45, 7) is 2.09. The first-order valence-corrected chi connectivity index (χ1v) is 7.12. The number of carboxylic acid groups (broad SMARTS) is 1. The van der Waals surface area contributed by atoms with Gasteiger partial charge < -0.3 is 9.84 Å². The lowest BCUT2D eigenvalue weighted by Gasteiger charge is -2.14. The van der Waals surface area contributed by atoms with E-state index in [9.17, 15) is 4.79 Å². The van der Waals surface area contributed by atoms with Crippen molar-refractivity contribution in [2.45, 2.75) is 58.0 Å². The number of carboxylic acids is 1. The molecular weight excluding hydrogens is 240 g/mol. The van der Waals surface area contributed by atoms with Crippen LogP contribution in [0.4, 0.5) is 0 Å². The summed E-state index contributed by atoms with van der Waals surface area (Å²) >= 11 is 0. The molecule has 1 atom stereocenters. The van der Waals surface area contributed by atoms with E-state index in [4.69, 9.17) is 9.84 Å². The average molecular weight is 264 g/mol. The normalized spacial score (nSPS) is 12.1. The highest BCUT2D eigenvalue weighted by Gasteiger charge is 2.03. The fourth-order valence-corrected chi connectivity index (χ4v) is 2.03. The van der Waals surface area contributed by atoms with Crippen LogP contribution in [0.1, 0.15) is 51.9 Å². The third-order valence-electron chi connectivity index (χ3n) is 3.08. The van der Waals surface area contributed by atoms with Gasteiger partial charge in [-0.25, -0.2) is 0 Å². The SMILES string of the molecule is CC(CCCCCCCC(=O)O)Oc1ccccc1. The fourth-order valence-electron chi connectivity index (χ4n) is 2.03. The molecule has 0 saturated carbocycles. The van der Waals surface area contributed by atoms with Gasteiger partial charge in [0.1, 0.15) is 5.75 Å². The number of carbonyl (C=O) groups is 1. The van der Waals surface area contributed by atoms with E-state index in [0.717, 1.165) is 44.3 Å². The number of rotatable bonds is 10. The molecule has 0 saturated heterocycles. The quantitative estimate of drug-likeness (QED) is 0.642. The summed E-state index contributed by atoms with van der Waals surface area (Å²) < 4.78 is 5.80. The number of benzene rings is 1. The van der Waals surface area contributed by atoms with Gasteiger partial charge in [-0.05, 0) is 38.3 Å². The lowest BCUT2D eigenvalue weighted by Crippen LogP contribution is -2.11. The van der Waals surface area contributed by atoms with E-state index >= 15 is 0 Å². The van der Waals surface area contributed by atoms with Crippen LogP contribution in [0.3, 0.4) is 0 Å². The van der Waals surface area contributed by atoms with E-state index < -0.39 is 5.97 Å². The molecular formula is C16H24O3. The number of para-hydroxylation sites is 1. The lowest BCUT2D eigenvalue weighted by molar-refractivity contribution is -0.137. The Bertz CT molecular complexity index is 348. The first-order valence-electron chi connectivity index (χ1n) is 7.12. The largest absolute Gasteiger partial charge is 0.491 e. The Kier molecular flexibility index (Phi) is 7.71. The third kappa shape index (κ3) is 8.25. The molecule has 1 aromatic carbocycles. The van der Waals surface area contributed by atoms with Crippen LogP contribution in [0.15, 0.2) is 30.3 Å². The zero-order valence-electron chi connectivity index (χ0n) is 11.7. The van der Waals surface area contributed by atoms with Gasteiger partial charge in [-0.2, -0.15) is 0 Å². The molecule has 3 nitrogen and oxygen atoms in total. The van der Waals surface area contributed by atoms with Crippen LogP contribution < -0.4 is 4.74 Å². The van der Waals surface area contributed by atoms with E-state index in [0.29, 0.717) is 6.42 Å². The molecule has 0 amide bonds. The molecule has 0 fully saturated rings. The minimum Gasteiger partial charge on any atom is -0.491 e. The van der Waals surface area contributed by atoms with Crippen LogP contribution in [0.5, 0.6) is 5.75 Å². The highest BCUT2D eigenvalue weighted by molar-refractivity contribution is 5.66. The van der Waals surface area contributed by atoms with Crippen molar-refractivity contribution in [3.05, 3.63) is 30.3 Å². The maximum absolute atomic E-state index is 10.3. The highest BCUT2D eigenvalue weighted by atomic mass is 16.5. The van der Waals surface area contributed by atoms with Crippen LogP contribution in [0, 0.1) is 0 Å². The van der Waals surface area contributed by atoms with Gasteiger partial charge in [-0.15, -0.1) is 0 Å². The van der Waals surface area contributed by atoms with Crippen LogP contribution in [0.2, 0.25) is 0 Å². The minimum absolute atomic E-state index is 0.237. The maximum atomic E-state index is 10.3. The van der Waals surface area contributed by atoms with Crippen molar-refractivity contribution in [1.29, 1.82) is 0 Å². The van der Waals surface area contributed by atoms with Crippen LogP contribution in [-0.4, -0.2) is 17.2 Å². The molecule has 0 spiro atoms. The molecule has 0 aliphatic heterocycles. The highest BCUT2D eigenvalue weighted by Crippen LogP contribution is 2.15. The van der Waals surface area contributed by atoms with Gasteiger partial charge in [0, 0.05) is 6.42 Å². The monoisotopic (exact) mass is 264 g/mol. The van der Waals surface area contributed by atoms with Crippen LogP contribution in [0.25, 0.3) is 0 Å². The minimum atomic E-state index is -0.690. The number of hydrogen-bond acceptors (Lipinski definition) is 2. The fraction of sp³-hybridized carbons (Fsp3) is 0.562. The summed E-state index contributed by atoms with van der Waals surface area (Å²) in [4.78, 5) is 10.3. The van der Waals surface area contributed by atoms with Gasteiger partial charge in [0.15, 0.2) is 0 Å². The number of unbranched alkanes of at least 4 members (excludes halogenated alkanes) is 4. The molecule has 0 aromatic heterocycles. The molecule has 3 heteroatoms. The molecule has 0 radical (unpaired) electrons. The zero-order valence-corrected chi connectivity index (χ0v) is 11.7. The van der Waals surface area contributed by atoms with E-state index in [1.165, 1.54) is 0 Å². The van der Waals surface area contributed by atoms with Gasteiger partial charge in [0.05, 0.1) is 6.10 Å². The Labute approximate surface area is 115 Å². The van der Waals surface area contributed by atoms with Crippen molar-refractivity contribution in [2.24, 2.45) is 0 Å². The predicted molar refractivity (Wildman–Crippen MR) is 76.5 cm³/mol. The second-order valence-corrected chi connectivity index (χ2v) is 4.94. The van der Waals surface area contributed by atoms with Crippen molar-refractivity contribution in [3.63, 3.8) is 0 Å². The Hall–Kier alpha value is -1.51. The first-order chi connectivity index (χ1) is 9.18. The van der Waals surface area contributed by atoms with Gasteiger partial charge in [-0.1, -0.05) is 37.5 Å². The van der Waals surface area contributed by atoms with Gasteiger partial charge >= 0.3 is 5.97 Å². The Morgan fingerprint density at radius 1 is 1.11 bits per heavy atom. The zero-order chi connectivity index (χ0) is 13.9. The Balaban J connectivity index is 1.99. The number of hydrogen-bond donors (Lipinski definition) is 1. The molecule has 106 valence electrons. The third-order valence-corrected chi connectivity index (χ3v) is 3.08. The van der Waals surface area contributed by atoms with E-state index in [1.54, 1.807) is 0 Å². The van der Waals surface area contributed by atoms with Gasteiger partial charge in [-0.3, -0.25) is 4.79 Å². The summed E-state index contributed by atoms with van der Waals surface area (Å²) in [5, 5.41) is 8.51. The second kappa shape index (κ2) is 9.42. The molecule has 0 aliphatic rings. The second-order valence-electron chi connectivity index (χ2n) is 4.94. The lowest BCUT2D eigenvalue weighted by atomic mass is 10.1. The van der Waals surface area contributed by atoms with Crippen molar-refractivity contribution < 1.29 is 14.6 Å². The molecule has 1 N–H and O–H groups in total. The molecule has 1 unspecified atom stereocenters. The van der Waals surface area contributed by atoms with Gasteiger partial charge in [0.25, 0.3) is 0 Å². The van der Waals surface area contributed by atoms with Crippen LogP contribution in [-0.2, 0) is 4.79 Å². The summed E-state index contributed by atoms with van der Waals surface area (Å²) in [7, 11) is 0. The average Bonchev–Trinajstić information content (AvgIpc) is 2.38. The van der Waals surface area contributed by atoms with E-state index in [1.807, 2.05) is 30.3 Å².